The summed E-state index contributed by atoms with van der Waals surface area (Å²) in [6.45, 7) is 6.53. The number of hydrogen-bond donors (Lipinski definition) is 1. The molecule has 0 aromatic carbocycles. The molecule has 4 nitrogen and oxygen atoms in total. The van der Waals surface area contributed by atoms with Gasteiger partial charge in [0.05, 0.1) is 12.2 Å². The molecular weight excluding hydrogens is 226 g/mol. The van der Waals surface area contributed by atoms with E-state index in [-0.39, 0.29) is 12.2 Å². The van der Waals surface area contributed by atoms with Crippen molar-refractivity contribution in [3.63, 3.8) is 0 Å². The van der Waals surface area contributed by atoms with Gasteiger partial charge in [-0.25, -0.2) is 0 Å². The highest BCUT2D eigenvalue weighted by Crippen LogP contribution is 2.23. The van der Waals surface area contributed by atoms with Gasteiger partial charge in [-0.1, -0.05) is 19.8 Å². The molecule has 2 aliphatic rings. The summed E-state index contributed by atoms with van der Waals surface area (Å²) < 4.78 is 0. The van der Waals surface area contributed by atoms with Gasteiger partial charge < -0.3 is 9.80 Å². The number of nitrogens with zero attached hydrogens (tertiary/aromatic N) is 2. The zero-order valence-electron chi connectivity index (χ0n) is 12.0. The van der Waals surface area contributed by atoms with Crippen LogP contribution in [-0.4, -0.2) is 54.1 Å². The van der Waals surface area contributed by atoms with E-state index in [1.807, 2.05) is 0 Å². The minimum absolute atomic E-state index is 0.0691. The van der Waals surface area contributed by atoms with Crippen molar-refractivity contribution in [3.8, 4) is 0 Å². The molecule has 0 bridgehead atoms. The summed E-state index contributed by atoms with van der Waals surface area (Å²) in [5, 5.41) is 3.46. The lowest BCUT2D eigenvalue weighted by Crippen LogP contribution is -2.48. The van der Waals surface area contributed by atoms with E-state index in [4.69, 9.17) is 0 Å². The number of nitrogens with one attached hydrogen (secondary N) is 1. The SMILES string of the molecule is CCCCC1NC(C)N(C2CCN(C)CC2)C1=O. The van der Waals surface area contributed by atoms with Crippen molar-refractivity contribution in [2.24, 2.45) is 0 Å². The average molecular weight is 253 g/mol. The molecule has 4 heteroatoms. The second-order valence-electron chi connectivity index (χ2n) is 5.82. The molecule has 0 radical (unpaired) electrons. The molecule has 0 spiro atoms. The molecule has 2 atom stereocenters. The Hall–Kier alpha value is -0.610. The van der Waals surface area contributed by atoms with Gasteiger partial charge in [0.25, 0.3) is 0 Å². The Kier molecular flexibility index (Phi) is 4.62. The molecule has 1 amide bonds. The maximum atomic E-state index is 12.5. The minimum Gasteiger partial charge on any atom is -0.323 e. The quantitative estimate of drug-likeness (QED) is 0.823. The zero-order valence-corrected chi connectivity index (χ0v) is 12.0. The number of piperidine rings is 1. The molecule has 0 saturated carbocycles. The molecule has 104 valence electrons. The van der Waals surface area contributed by atoms with E-state index in [9.17, 15) is 4.79 Å². The van der Waals surface area contributed by atoms with Gasteiger partial charge in [0.1, 0.15) is 0 Å². The van der Waals surface area contributed by atoms with Crippen LogP contribution in [0.1, 0.15) is 46.0 Å². The molecule has 2 aliphatic heterocycles. The molecule has 2 heterocycles. The minimum atomic E-state index is 0.0691. The molecule has 18 heavy (non-hydrogen) atoms. The highest BCUT2D eigenvalue weighted by Gasteiger charge is 2.40. The van der Waals surface area contributed by atoms with Crippen molar-refractivity contribution in [1.82, 2.24) is 15.1 Å². The van der Waals surface area contributed by atoms with Gasteiger partial charge in [-0.05, 0) is 46.3 Å². The molecule has 0 aliphatic carbocycles. The van der Waals surface area contributed by atoms with E-state index in [1.54, 1.807) is 0 Å². The van der Waals surface area contributed by atoms with Gasteiger partial charge in [0.15, 0.2) is 0 Å². The van der Waals surface area contributed by atoms with E-state index in [1.165, 1.54) is 0 Å². The average Bonchev–Trinajstić information content (AvgIpc) is 2.63. The van der Waals surface area contributed by atoms with Gasteiger partial charge in [0.2, 0.25) is 5.91 Å². The fourth-order valence-corrected chi connectivity index (χ4v) is 3.20. The van der Waals surface area contributed by atoms with Crippen molar-refractivity contribution in [3.05, 3.63) is 0 Å². The van der Waals surface area contributed by atoms with Crippen LogP contribution in [0.25, 0.3) is 0 Å². The van der Waals surface area contributed by atoms with Crippen LogP contribution in [-0.2, 0) is 4.79 Å². The third-order valence-electron chi connectivity index (χ3n) is 4.34. The summed E-state index contributed by atoms with van der Waals surface area (Å²) in [4.78, 5) is 16.9. The molecule has 1 N–H and O–H groups in total. The van der Waals surface area contributed by atoms with Crippen molar-refractivity contribution < 1.29 is 4.79 Å². The van der Waals surface area contributed by atoms with Gasteiger partial charge in [-0.3, -0.25) is 10.1 Å². The topological polar surface area (TPSA) is 35.6 Å². The van der Waals surface area contributed by atoms with Gasteiger partial charge >= 0.3 is 0 Å². The molecule has 2 saturated heterocycles. The fourth-order valence-electron chi connectivity index (χ4n) is 3.20. The van der Waals surface area contributed by atoms with Crippen LogP contribution in [0, 0.1) is 0 Å². The summed E-state index contributed by atoms with van der Waals surface area (Å²) in [6.07, 6.45) is 5.74. The van der Waals surface area contributed by atoms with Crippen molar-refractivity contribution in [1.29, 1.82) is 0 Å². The van der Waals surface area contributed by atoms with Crippen LogP contribution in [0.2, 0.25) is 0 Å². The maximum Gasteiger partial charge on any atom is 0.241 e. The Bertz CT molecular complexity index is 287. The van der Waals surface area contributed by atoms with E-state index >= 15 is 0 Å². The summed E-state index contributed by atoms with van der Waals surface area (Å²) in [6, 6.07) is 0.516. The smallest absolute Gasteiger partial charge is 0.241 e. The van der Waals surface area contributed by atoms with Crippen LogP contribution in [0.5, 0.6) is 0 Å². The van der Waals surface area contributed by atoms with Crippen LogP contribution in [0.3, 0.4) is 0 Å². The number of amides is 1. The first-order valence-corrected chi connectivity index (χ1v) is 7.40. The fraction of sp³-hybridized carbons (Fsp3) is 0.929. The molecule has 2 fully saturated rings. The molecule has 0 aromatic rings. The Balaban J connectivity index is 1.94. The number of unbranched alkanes of at least 4 members (excludes halogenated alkanes) is 1. The second kappa shape index (κ2) is 6.02. The van der Waals surface area contributed by atoms with Gasteiger partial charge in [-0.2, -0.15) is 0 Å². The molecule has 2 unspecified atom stereocenters. The van der Waals surface area contributed by atoms with Crippen LogP contribution in [0.15, 0.2) is 0 Å². The second-order valence-corrected chi connectivity index (χ2v) is 5.82. The Morgan fingerprint density at radius 3 is 2.61 bits per heavy atom. The van der Waals surface area contributed by atoms with Gasteiger partial charge in [-0.15, -0.1) is 0 Å². The largest absolute Gasteiger partial charge is 0.323 e. The van der Waals surface area contributed by atoms with Crippen LogP contribution >= 0.6 is 0 Å². The highest BCUT2D eigenvalue weighted by molar-refractivity contribution is 5.84. The molecule has 0 aromatic heterocycles. The third-order valence-corrected chi connectivity index (χ3v) is 4.34. The van der Waals surface area contributed by atoms with E-state index in [0.717, 1.165) is 45.2 Å². The van der Waals surface area contributed by atoms with Crippen molar-refractivity contribution in [2.75, 3.05) is 20.1 Å². The third kappa shape index (κ3) is 2.86. The molecule has 2 rings (SSSR count). The molecular formula is C14H27N3O. The van der Waals surface area contributed by atoms with Gasteiger partial charge in [0, 0.05) is 6.04 Å². The Morgan fingerprint density at radius 2 is 2.00 bits per heavy atom. The summed E-state index contributed by atoms with van der Waals surface area (Å²) >= 11 is 0. The van der Waals surface area contributed by atoms with E-state index in [2.05, 4.69) is 36.0 Å². The first-order chi connectivity index (χ1) is 8.63. The number of carbonyl (C=O) groups is 1. The normalized spacial score (nSPS) is 31.3. The Labute approximate surface area is 111 Å². The predicted octanol–water partition coefficient (Wildman–Crippen LogP) is 1.42. The number of rotatable bonds is 4. The lowest BCUT2D eigenvalue weighted by molar-refractivity contribution is -0.133. The van der Waals surface area contributed by atoms with Crippen molar-refractivity contribution >= 4 is 5.91 Å². The maximum absolute atomic E-state index is 12.5. The zero-order chi connectivity index (χ0) is 13.1. The van der Waals surface area contributed by atoms with E-state index in [0.29, 0.717) is 11.9 Å². The number of likely N-dealkylation sites (tertiary alicyclic amines) is 1. The van der Waals surface area contributed by atoms with Crippen LogP contribution < -0.4 is 5.32 Å². The highest BCUT2D eigenvalue weighted by atomic mass is 16.2. The number of hydrogen-bond acceptors (Lipinski definition) is 3. The standard InChI is InChI=1S/C14H27N3O/c1-4-5-6-13-14(18)17(11(2)15-13)12-7-9-16(3)10-8-12/h11-13,15H,4-10H2,1-3H3. The number of carbonyl (C=O) groups excluding carboxylic acids is 1. The Morgan fingerprint density at radius 1 is 1.33 bits per heavy atom. The predicted molar refractivity (Wildman–Crippen MR) is 73.3 cm³/mol. The van der Waals surface area contributed by atoms with Crippen LogP contribution in [0.4, 0.5) is 0 Å². The first kappa shape index (κ1) is 13.8. The summed E-state index contributed by atoms with van der Waals surface area (Å²) in [7, 11) is 2.16. The van der Waals surface area contributed by atoms with Crippen molar-refractivity contribution in [2.45, 2.75) is 64.2 Å². The summed E-state index contributed by atoms with van der Waals surface area (Å²) in [5.74, 6) is 0.338. The monoisotopic (exact) mass is 253 g/mol. The summed E-state index contributed by atoms with van der Waals surface area (Å²) in [5.41, 5.74) is 0. The van der Waals surface area contributed by atoms with E-state index < -0.39 is 0 Å². The first-order valence-electron chi connectivity index (χ1n) is 7.40. The lowest BCUT2D eigenvalue weighted by atomic mass is 10.0. The lowest BCUT2D eigenvalue weighted by Gasteiger charge is -2.37.